The van der Waals surface area contributed by atoms with E-state index in [9.17, 15) is 4.79 Å². The van der Waals surface area contributed by atoms with Crippen LogP contribution < -0.4 is 5.32 Å². The number of thiazole rings is 1. The lowest BCUT2D eigenvalue weighted by atomic mass is 10.00. The molecule has 124 valence electrons. The minimum Gasteiger partial charge on any atom is -0.378 e. The average molecular weight is 335 g/mol. The van der Waals surface area contributed by atoms with Crippen LogP contribution in [0.2, 0.25) is 0 Å². The summed E-state index contributed by atoms with van der Waals surface area (Å²) in [6.07, 6.45) is 4.88. The standard InChI is InChI=1S/C15H21N5O2S/c1-19-12(6-7-16-19)13-5-3-4-8-20(13)15(21)18-14-17-11(9-22-2)10-23-14/h6-7,10,13H,3-5,8-9H2,1-2H3,(H,17,18,21). The Bertz CT molecular complexity index is 668. The molecule has 0 saturated carbocycles. The van der Waals surface area contributed by atoms with Crippen molar-refractivity contribution in [2.45, 2.75) is 31.9 Å². The smallest absolute Gasteiger partial charge is 0.324 e. The average Bonchev–Trinajstić information content (AvgIpc) is 3.17. The Balaban J connectivity index is 1.72. The Hall–Kier alpha value is -1.93. The summed E-state index contributed by atoms with van der Waals surface area (Å²) >= 11 is 1.42. The van der Waals surface area contributed by atoms with E-state index in [1.165, 1.54) is 11.3 Å². The van der Waals surface area contributed by atoms with Gasteiger partial charge in [-0.3, -0.25) is 10.00 Å². The second kappa shape index (κ2) is 7.10. The number of carbonyl (C=O) groups is 1. The third-order valence-electron chi connectivity index (χ3n) is 4.02. The Kier molecular flexibility index (Phi) is 4.92. The zero-order valence-electron chi connectivity index (χ0n) is 13.4. The minimum absolute atomic E-state index is 0.0645. The topological polar surface area (TPSA) is 72.3 Å². The number of ether oxygens (including phenoxy) is 1. The summed E-state index contributed by atoms with van der Waals surface area (Å²) in [6.45, 7) is 1.20. The summed E-state index contributed by atoms with van der Waals surface area (Å²) < 4.78 is 6.90. The molecule has 0 radical (unpaired) electrons. The van der Waals surface area contributed by atoms with Crippen LogP contribution in [0.25, 0.3) is 0 Å². The van der Waals surface area contributed by atoms with Gasteiger partial charge in [0.2, 0.25) is 0 Å². The minimum atomic E-state index is -0.103. The lowest BCUT2D eigenvalue weighted by molar-refractivity contribution is 0.159. The predicted molar refractivity (Wildman–Crippen MR) is 88.4 cm³/mol. The summed E-state index contributed by atoms with van der Waals surface area (Å²) in [5.41, 5.74) is 1.90. The number of likely N-dealkylation sites (tertiary alicyclic amines) is 1. The first-order valence-corrected chi connectivity index (χ1v) is 8.56. The number of hydrogen-bond donors (Lipinski definition) is 1. The number of amides is 2. The van der Waals surface area contributed by atoms with Crippen molar-refractivity contribution in [3.05, 3.63) is 29.0 Å². The van der Waals surface area contributed by atoms with E-state index in [-0.39, 0.29) is 12.1 Å². The second-order valence-electron chi connectivity index (χ2n) is 5.59. The zero-order chi connectivity index (χ0) is 16.2. The summed E-state index contributed by atoms with van der Waals surface area (Å²) in [7, 11) is 3.54. The first-order valence-electron chi connectivity index (χ1n) is 7.68. The van der Waals surface area contributed by atoms with Gasteiger partial charge in [0.25, 0.3) is 0 Å². The molecule has 1 unspecified atom stereocenters. The van der Waals surface area contributed by atoms with Gasteiger partial charge >= 0.3 is 6.03 Å². The molecule has 2 amide bonds. The normalized spacial score (nSPS) is 18.2. The van der Waals surface area contributed by atoms with E-state index >= 15 is 0 Å². The van der Waals surface area contributed by atoms with Gasteiger partial charge in [-0.05, 0) is 25.3 Å². The number of hydrogen-bond acceptors (Lipinski definition) is 5. The first-order chi connectivity index (χ1) is 11.2. The van der Waals surface area contributed by atoms with Crippen LogP contribution in [0.15, 0.2) is 17.6 Å². The van der Waals surface area contributed by atoms with E-state index in [2.05, 4.69) is 15.4 Å². The Morgan fingerprint density at radius 3 is 3.13 bits per heavy atom. The van der Waals surface area contributed by atoms with E-state index < -0.39 is 0 Å². The molecule has 1 aliphatic rings. The van der Waals surface area contributed by atoms with E-state index in [0.29, 0.717) is 11.7 Å². The number of nitrogens with zero attached hydrogens (tertiary/aromatic N) is 4. The molecule has 1 fully saturated rings. The lowest BCUT2D eigenvalue weighted by Gasteiger charge is -2.35. The molecule has 1 atom stereocenters. The number of piperidine rings is 1. The van der Waals surface area contributed by atoms with Gasteiger partial charge in [-0.25, -0.2) is 9.78 Å². The van der Waals surface area contributed by atoms with Crippen LogP contribution in [0.3, 0.4) is 0 Å². The van der Waals surface area contributed by atoms with Gasteiger partial charge in [-0.15, -0.1) is 11.3 Å². The van der Waals surface area contributed by atoms with Crippen LogP contribution in [0.5, 0.6) is 0 Å². The predicted octanol–water partition coefficient (Wildman–Crippen LogP) is 2.78. The van der Waals surface area contributed by atoms with Crippen molar-refractivity contribution in [2.75, 3.05) is 19.0 Å². The molecule has 1 aliphatic heterocycles. The molecule has 23 heavy (non-hydrogen) atoms. The summed E-state index contributed by atoms with van der Waals surface area (Å²) in [5, 5.41) is 9.64. The van der Waals surface area contributed by atoms with Crippen LogP contribution in [-0.2, 0) is 18.4 Å². The van der Waals surface area contributed by atoms with Crippen LogP contribution in [0, 0.1) is 0 Å². The fourth-order valence-electron chi connectivity index (χ4n) is 2.93. The van der Waals surface area contributed by atoms with Crippen LogP contribution >= 0.6 is 11.3 Å². The van der Waals surface area contributed by atoms with Gasteiger partial charge < -0.3 is 9.64 Å². The maximum atomic E-state index is 12.7. The van der Waals surface area contributed by atoms with Crippen molar-refractivity contribution >= 4 is 22.5 Å². The Morgan fingerprint density at radius 1 is 1.52 bits per heavy atom. The van der Waals surface area contributed by atoms with Crippen molar-refractivity contribution in [3.8, 4) is 0 Å². The molecule has 7 nitrogen and oxygen atoms in total. The van der Waals surface area contributed by atoms with E-state index in [1.54, 1.807) is 13.3 Å². The quantitative estimate of drug-likeness (QED) is 0.932. The molecule has 0 aliphatic carbocycles. The largest absolute Gasteiger partial charge is 0.378 e. The molecule has 1 N–H and O–H groups in total. The number of aryl methyl sites for hydroxylation is 1. The second-order valence-corrected chi connectivity index (χ2v) is 6.45. The van der Waals surface area contributed by atoms with Crippen molar-refractivity contribution < 1.29 is 9.53 Å². The summed E-state index contributed by atoms with van der Waals surface area (Å²) in [5.74, 6) is 0. The Morgan fingerprint density at radius 2 is 2.39 bits per heavy atom. The molecule has 3 heterocycles. The monoisotopic (exact) mass is 335 g/mol. The van der Waals surface area contributed by atoms with Gasteiger partial charge in [0.05, 0.1) is 24.0 Å². The number of nitrogens with one attached hydrogen (secondary N) is 1. The number of aromatic nitrogens is 3. The third kappa shape index (κ3) is 3.53. The molecule has 1 saturated heterocycles. The fourth-order valence-corrected chi connectivity index (χ4v) is 3.62. The van der Waals surface area contributed by atoms with Gasteiger partial charge in [-0.1, -0.05) is 0 Å². The zero-order valence-corrected chi connectivity index (χ0v) is 14.2. The van der Waals surface area contributed by atoms with Gasteiger partial charge in [0.15, 0.2) is 5.13 Å². The molecule has 3 rings (SSSR count). The highest BCUT2D eigenvalue weighted by molar-refractivity contribution is 7.13. The molecule has 0 bridgehead atoms. The van der Waals surface area contributed by atoms with Gasteiger partial charge in [0, 0.05) is 32.3 Å². The highest BCUT2D eigenvalue weighted by Gasteiger charge is 2.30. The first kappa shape index (κ1) is 15.9. The Labute approximate surface area is 139 Å². The number of anilines is 1. The van der Waals surface area contributed by atoms with Crippen molar-refractivity contribution in [1.82, 2.24) is 19.7 Å². The summed E-state index contributed by atoms with van der Waals surface area (Å²) in [6, 6.07) is 1.94. The highest BCUT2D eigenvalue weighted by Crippen LogP contribution is 2.31. The maximum absolute atomic E-state index is 12.7. The molecule has 2 aromatic rings. The van der Waals surface area contributed by atoms with Crippen LogP contribution in [0.4, 0.5) is 9.93 Å². The number of carbonyl (C=O) groups excluding carboxylic acids is 1. The van der Waals surface area contributed by atoms with E-state index in [4.69, 9.17) is 4.74 Å². The molecular formula is C15H21N5O2S. The molecule has 8 heteroatoms. The molecule has 2 aromatic heterocycles. The SMILES string of the molecule is COCc1csc(NC(=O)N2CCCCC2c2ccnn2C)n1. The highest BCUT2D eigenvalue weighted by atomic mass is 32.1. The number of urea groups is 1. The van der Waals surface area contributed by atoms with Gasteiger partial charge in [0.1, 0.15) is 0 Å². The number of methoxy groups -OCH3 is 1. The number of rotatable bonds is 4. The fraction of sp³-hybridized carbons (Fsp3) is 0.533. The third-order valence-corrected chi connectivity index (χ3v) is 4.83. The van der Waals surface area contributed by atoms with E-state index in [1.807, 2.05) is 28.1 Å². The maximum Gasteiger partial charge on any atom is 0.324 e. The van der Waals surface area contributed by atoms with Crippen molar-refractivity contribution in [3.63, 3.8) is 0 Å². The molecular weight excluding hydrogens is 314 g/mol. The van der Waals surface area contributed by atoms with Crippen LogP contribution in [-0.4, -0.2) is 39.4 Å². The lowest BCUT2D eigenvalue weighted by Crippen LogP contribution is -2.41. The van der Waals surface area contributed by atoms with Crippen molar-refractivity contribution in [1.29, 1.82) is 0 Å². The van der Waals surface area contributed by atoms with Gasteiger partial charge in [-0.2, -0.15) is 5.10 Å². The van der Waals surface area contributed by atoms with Crippen LogP contribution in [0.1, 0.15) is 36.7 Å². The molecule has 0 spiro atoms. The van der Waals surface area contributed by atoms with E-state index in [0.717, 1.165) is 37.2 Å². The summed E-state index contributed by atoms with van der Waals surface area (Å²) in [4.78, 5) is 18.9. The molecule has 0 aromatic carbocycles. The van der Waals surface area contributed by atoms with Crippen molar-refractivity contribution in [2.24, 2.45) is 7.05 Å².